The van der Waals surface area contributed by atoms with Crippen LogP contribution in [0.5, 0.6) is 5.75 Å². The zero-order valence-corrected chi connectivity index (χ0v) is 13.7. The zero-order chi connectivity index (χ0) is 16.9. The molecule has 1 N–H and O–H groups in total. The summed E-state index contributed by atoms with van der Waals surface area (Å²) in [6, 6.07) is 12.2. The molecule has 0 bridgehead atoms. The third-order valence-electron chi connectivity index (χ3n) is 4.97. The Morgan fingerprint density at radius 1 is 1.04 bits per heavy atom. The van der Waals surface area contributed by atoms with E-state index in [0.717, 1.165) is 23.1 Å². The molecule has 1 saturated carbocycles. The van der Waals surface area contributed by atoms with E-state index in [1.54, 1.807) is 36.4 Å². The van der Waals surface area contributed by atoms with Gasteiger partial charge in [0, 0.05) is 35.4 Å². The second kappa shape index (κ2) is 5.28. The van der Waals surface area contributed by atoms with Crippen molar-refractivity contribution in [1.82, 2.24) is 0 Å². The minimum Gasteiger partial charge on any atom is -0.508 e. The lowest BCUT2D eigenvalue weighted by Crippen LogP contribution is -2.55. The lowest BCUT2D eigenvalue weighted by atomic mass is 9.57. The molecule has 0 saturated heterocycles. The Morgan fingerprint density at radius 2 is 1.75 bits per heavy atom. The largest absolute Gasteiger partial charge is 0.508 e. The lowest BCUT2D eigenvalue weighted by molar-refractivity contribution is -0.105. The van der Waals surface area contributed by atoms with E-state index in [1.165, 1.54) is 0 Å². The summed E-state index contributed by atoms with van der Waals surface area (Å²) in [6.45, 7) is 0.577. The van der Waals surface area contributed by atoms with Crippen LogP contribution in [0.3, 0.4) is 0 Å². The molecule has 0 unspecified atom stereocenters. The Bertz CT molecular complexity index is 822. The van der Waals surface area contributed by atoms with Crippen LogP contribution in [0.2, 0.25) is 5.02 Å². The average molecular weight is 348 g/mol. The number of rotatable bonds is 2. The second-order valence-electron chi connectivity index (χ2n) is 6.62. The van der Waals surface area contributed by atoms with Gasteiger partial charge in [-0.3, -0.25) is 4.99 Å². The number of benzene rings is 2. The van der Waals surface area contributed by atoms with Crippen LogP contribution in [-0.2, 0) is 11.8 Å². The van der Waals surface area contributed by atoms with E-state index >= 15 is 0 Å². The Morgan fingerprint density at radius 3 is 2.42 bits per heavy atom. The summed E-state index contributed by atoms with van der Waals surface area (Å²) in [5.74, 6) is -2.57. The number of alkyl halides is 2. The van der Waals surface area contributed by atoms with Crippen LogP contribution in [0.4, 0.5) is 8.78 Å². The monoisotopic (exact) mass is 347 g/mol. The standard InChI is InChI=1S/C19H16ClF2NO/c20-14-4-2-13(3-5-14)18(10-19(21,22)11-18)17-16-9-15(24)6-1-12(16)7-8-23-17/h1-6,9,24H,7-8,10-11H2. The van der Waals surface area contributed by atoms with Gasteiger partial charge in [0.25, 0.3) is 5.92 Å². The fraction of sp³-hybridized carbons (Fsp3) is 0.316. The summed E-state index contributed by atoms with van der Waals surface area (Å²) in [5.41, 5.74) is 2.46. The van der Waals surface area contributed by atoms with Crippen molar-refractivity contribution in [2.45, 2.75) is 30.6 Å². The molecular weight excluding hydrogens is 332 g/mol. The van der Waals surface area contributed by atoms with Gasteiger partial charge in [0.15, 0.2) is 0 Å². The summed E-state index contributed by atoms with van der Waals surface area (Å²) in [5, 5.41) is 10.4. The van der Waals surface area contributed by atoms with Crippen LogP contribution in [0, 0.1) is 0 Å². The molecule has 0 aromatic heterocycles. The maximum Gasteiger partial charge on any atom is 0.250 e. The first kappa shape index (κ1) is 15.6. The quantitative estimate of drug-likeness (QED) is 0.834. The van der Waals surface area contributed by atoms with Crippen molar-refractivity contribution in [3.05, 3.63) is 64.2 Å². The Balaban J connectivity index is 1.86. The van der Waals surface area contributed by atoms with Gasteiger partial charge in [-0.25, -0.2) is 8.78 Å². The molecule has 1 heterocycles. The third kappa shape index (κ3) is 2.40. The molecule has 124 valence electrons. The van der Waals surface area contributed by atoms with E-state index in [4.69, 9.17) is 11.6 Å². The average Bonchev–Trinajstić information content (AvgIpc) is 2.52. The van der Waals surface area contributed by atoms with Gasteiger partial charge in [-0.15, -0.1) is 0 Å². The molecule has 2 nitrogen and oxygen atoms in total. The molecule has 0 radical (unpaired) electrons. The summed E-state index contributed by atoms with van der Waals surface area (Å²) < 4.78 is 27.8. The van der Waals surface area contributed by atoms with Gasteiger partial charge in [0.1, 0.15) is 5.75 Å². The molecule has 24 heavy (non-hydrogen) atoms. The van der Waals surface area contributed by atoms with Crippen molar-refractivity contribution in [3.8, 4) is 5.75 Å². The van der Waals surface area contributed by atoms with Gasteiger partial charge in [-0.2, -0.15) is 0 Å². The van der Waals surface area contributed by atoms with E-state index in [-0.39, 0.29) is 18.6 Å². The van der Waals surface area contributed by atoms with E-state index < -0.39 is 11.3 Å². The molecule has 1 aliphatic heterocycles. The molecule has 0 spiro atoms. The van der Waals surface area contributed by atoms with Crippen LogP contribution < -0.4 is 0 Å². The van der Waals surface area contributed by atoms with Crippen LogP contribution in [0.25, 0.3) is 0 Å². The fourth-order valence-corrected chi connectivity index (χ4v) is 4.02. The second-order valence-corrected chi connectivity index (χ2v) is 7.06. The predicted octanol–water partition coefficient (Wildman–Crippen LogP) is 4.76. The number of aliphatic imine (C=N–C) groups is 1. The summed E-state index contributed by atoms with van der Waals surface area (Å²) >= 11 is 5.96. The first-order chi connectivity index (χ1) is 11.4. The molecule has 1 aliphatic carbocycles. The molecule has 4 rings (SSSR count). The SMILES string of the molecule is Oc1ccc2c(c1)C(C1(c3ccc(Cl)cc3)CC(F)(F)C1)=NCC2. The number of aromatic hydroxyl groups is 1. The molecular formula is C19H16ClF2NO. The van der Waals surface area contributed by atoms with Crippen LogP contribution in [0.1, 0.15) is 29.5 Å². The van der Waals surface area contributed by atoms with Crippen molar-refractivity contribution in [1.29, 1.82) is 0 Å². The molecule has 0 amide bonds. The van der Waals surface area contributed by atoms with Crippen molar-refractivity contribution in [2.24, 2.45) is 4.99 Å². The molecule has 2 aromatic carbocycles. The number of nitrogens with zero attached hydrogens (tertiary/aromatic N) is 1. The molecule has 2 aliphatic rings. The molecule has 1 fully saturated rings. The Labute approximate surface area is 143 Å². The van der Waals surface area contributed by atoms with Crippen LogP contribution in [-0.4, -0.2) is 23.3 Å². The smallest absolute Gasteiger partial charge is 0.250 e. The number of hydrogen-bond donors (Lipinski definition) is 1. The highest BCUT2D eigenvalue weighted by Gasteiger charge is 2.60. The highest BCUT2D eigenvalue weighted by Crippen LogP contribution is 2.56. The van der Waals surface area contributed by atoms with Crippen LogP contribution >= 0.6 is 11.6 Å². The predicted molar refractivity (Wildman–Crippen MR) is 90.5 cm³/mol. The normalized spacial score (nSPS) is 20.7. The number of hydrogen-bond acceptors (Lipinski definition) is 2. The van der Waals surface area contributed by atoms with Gasteiger partial charge in [0.2, 0.25) is 0 Å². The highest BCUT2D eigenvalue weighted by atomic mass is 35.5. The van der Waals surface area contributed by atoms with E-state index in [1.807, 2.05) is 6.07 Å². The van der Waals surface area contributed by atoms with Gasteiger partial charge < -0.3 is 5.11 Å². The van der Waals surface area contributed by atoms with Crippen molar-refractivity contribution in [2.75, 3.05) is 6.54 Å². The van der Waals surface area contributed by atoms with Gasteiger partial charge in [-0.1, -0.05) is 29.8 Å². The number of phenolic OH excluding ortho intramolecular Hbond substituents is 1. The maximum absolute atomic E-state index is 13.9. The summed E-state index contributed by atoms with van der Waals surface area (Å²) in [7, 11) is 0. The Kier molecular flexibility index (Phi) is 3.43. The minimum atomic E-state index is -2.70. The first-order valence-corrected chi connectivity index (χ1v) is 8.29. The number of halogens is 3. The van der Waals surface area contributed by atoms with Crippen molar-refractivity contribution >= 4 is 17.3 Å². The minimum absolute atomic E-state index is 0.126. The van der Waals surface area contributed by atoms with E-state index in [0.29, 0.717) is 17.3 Å². The number of fused-ring (bicyclic) bond motifs is 1. The third-order valence-corrected chi connectivity index (χ3v) is 5.22. The maximum atomic E-state index is 13.9. The van der Waals surface area contributed by atoms with E-state index in [9.17, 15) is 13.9 Å². The first-order valence-electron chi connectivity index (χ1n) is 7.91. The molecule has 2 aromatic rings. The van der Waals surface area contributed by atoms with E-state index in [2.05, 4.69) is 4.99 Å². The topological polar surface area (TPSA) is 32.6 Å². The fourth-order valence-electron chi connectivity index (χ4n) is 3.89. The summed E-state index contributed by atoms with van der Waals surface area (Å²) in [4.78, 5) is 4.61. The Hall–Kier alpha value is -1.94. The van der Waals surface area contributed by atoms with Gasteiger partial charge in [-0.05, 0) is 41.8 Å². The summed E-state index contributed by atoms with van der Waals surface area (Å²) in [6.07, 6.45) is 0.220. The lowest BCUT2D eigenvalue weighted by Gasteiger charge is -2.49. The molecule has 0 atom stereocenters. The van der Waals surface area contributed by atoms with Crippen molar-refractivity contribution in [3.63, 3.8) is 0 Å². The van der Waals surface area contributed by atoms with Gasteiger partial charge >= 0.3 is 0 Å². The number of phenols is 1. The van der Waals surface area contributed by atoms with Crippen molar-refractivity contribution < 1.29 is 13.9 Å². The van der Waals surface area contributed by atoms with Gasteiger partial charge in [0.05, 0.1) is 5.71 Å². The van der Waals surface area contributed by atoms with Crippen LogP contribution in [0.15, 0.2) is 47.5 Å². The zero-order valence-electron chi connectivity index (χ0n) is 12.9. The highest BCUT2D eigenvalue weighted by molar-refractivity contribution is 6.30. The molecule has 5 heteroatoms.